The summed E-state index contributed by atoms with van der Waals surface area (Å²) in [4.78, 5) is 24.9. The van der Waals surface area contributed by atoms with E-state index in [9.17, 15) is 9.59 Å². The lowest BCUT2D eigenvalue weighted by Gasteiger charge is -2.17. The van der Waals surface area contributed by atoms with Gasteiger partial charge in [0.15, 0.2) is 0 Å². The molecule has 1 heterocycles. The molecule has 5 nitrogen and oxygen atoms in total. The van der Waals surface area contributed by atoms with Crippen molar-refractivity contribution in [2.45, 2.75) is 38.7 Å². The van der Waals surface area contributed by atoms with Crippen LogP contribution in [0.2, 0.25) is 0 Å². The number of halogens is 1. The molecule has 1 aromatic carbocycles. The van der Waals surface area contributed by atoms with Crippen molar-refractivity contribution in [1.82, 2.24) is 5.32 Å². The van der Waals surface area contributed by atoms with E-state index in [1.54, 1.807) is 0 Å². The molecule has 1 saturated heterocycles. The Morgan fingerprint density at radius 3 is 2.74 bits per heavy atom. The van der Waals surface area contributed by atoms with Crippen LogP contribution in [-0.4, -0.2) is 31.1 Å². The molecule has 2 amide bonds. The van der Waals surface area contributed by atoms with Crippen molar-refractivity contribution in [2.24, 2.45) is 5.41 Å². The first-order chi connectivity index (χ1) is 11.0. The van der Waals surface area contributed by atoms with Crippen molar-refractivity contribution in [3.05, 3.63) is 28.2 Å². The molecule has 1 aliphatic carbocycles. The summed E-state index contributed by atoms with van der Waals surface area (Å²) in [7, 11) is 0. The molecule has 3 rings (SSSR count). The van der Waals surface area contributed by atoms with Gasteiger partial charge >= 0.3 is 0 Å². The van der Waals surface area contributed by atoms with E-state index < -0.39 is 5.41 Å². The lowest BCUT2D eigenvalue weighted by Crippen LogP contribution is -2.42. The molecule has 6 heteroatoms. The number of carbonyl (C=O) groups excluding carboxylic acids is 2. The molecule has 2 N–H and O–H groups in total. The molecule has 1 saturated carbocycles. The van der Waals surface area contributed by atoms with Gasteiger partial charge in [-0.2, -0.15) is 0 Å². The summed E-state index contributed by atoms with van der Waals surface area (Å²) < 4.78 is 6.43. The molecule has 1 atom stereocenters. The number of rotatable bonds is 5. The molecule has 0 spiro atoms. The van der Waals surface area contributed by atoms with Gasteiger partial charge in [0.1, 0.15) is 5.41 Å². The standard InChI is InChI=1S/C17H21BrN2O3/c1-11-4-5-12(9-14(11)18)20-16(22)17(6-7-17)15(21)19-10-13-3-2-8-23-13/h4-5,9,13H,2-3,6-8,10H2,1H3,(H,19,21)(H,20,22). The van der Waals surface area contributed by atoms with E-state index in [2.05, 4.69) is 26.6 Å². The van der Waals surface area contributed by atoms with E-state index >= 15 is 0 Å². The third kappa shape index (κ3) is 3.58. The van der Waals surface area contributed by atoms with Crippen molar-refractivity contribution in [1.29, 1.82) is 0 Å². The first-order valence-electron chi connectivity index (χ1n) is 7.99. The lowest BCUT2D eigenvalue weighted by molar-refractivity contribution is -0.134. The molecule has 124 valence electrons. The minimum absolute atomic E-state index is 0.0888. The molecule has 2 aliphatic rings. The van der Waals surface area contributed by atoms with Gasteiger partial charge in [-0.3, -0.25) is 9.59 Å². The Bertz CT molecular complexity index is 622. The number of hydrogen-bond donors (Lipinski definition) is 2. The normalized spacial score (nSPS) is 21.7. The van der Waals surface area contributed by atoms with Crippen LogP contribution < -0.4 is 10.6 Å². The van der Waals surface area contributed by atoms with Gasteiger partial charge < -0.3 is 15.4 Å². The number of nitrogens with one attached hydrogen (secondary N) is 2. The summed E-state index contributed by atoms with van der Waals surface area (Å²) in [5, 5.41) is 5.74. The number of hydrogen-bond acceptors (Lipinski definition) is 3. The first kappa shape index (κ1) is 16.5. The lowest BCUT2D eigenvalue weighted by atomic mass is 10.0. The fourth-order valence-corrected chi connectivity index (χ4v) is 3.16. The molecule has 1 aliphatic heterocycles. The summed E-state index contributed by atoms with van der Waals surface area (Å²) in [6.07, 6.45) is 3.29. The van der Waals surface area contributed by atoms with Crippen LogP contribution in [0.25, 0.3) is 0 Å². The third-order valence-corrected chi connectivity index (χ3v) is 5.42. The maximum atomic E-state index is 12.5. The average Bonchev–Trinajstić information content (AvgIpc) is 3.18. The van der Waals surface area contributed by atoms with E-state index in [1.165, 1.54) is 0 Å². The van der Waals surface area contributed by atoms with Crippen molar-refractivity contribution >= 4 is 33.4 Å². The minimum Gasteiger partial charge on any atom is -0.376 e. The van der Waals surface area contributed by atoms with E-state index in [0.29, 0.717) is 25.1 Å². The third-order valence-electron chi connectivity index (χ3n) is 4.56. The van der Waals surface area contributed by atoms with Crippen LogP contribution in [0.4, 0.5) is 5.69 Å². The highest BCUT2D eigenvalue weighted by Gasteiger charge is 2.56. The Morgan fingerprint density at radius 1 is 1.35 bits per heavy atom. The van der Waals surface area contributed by atoms with Gasteiger partial charge in [-0.1, -0.05) is 22.0 Å². The second-order valence-corrected chi connectivity index (χ2v) is 7.20. The van der Waals surface area contributed by atoms with Gasteiger partial charge in [0.25, 0.3) is 0 Å². The van der Waals surface area contributed by atoms with E-state index in [0.717, 1.165) is 29.5 Å². The van der Waals surface area contributed by atoms with Crippen LogP contribution in [0.1, 0.15) is 31.2 Å². The summed E-state index contributed by atoms with van der Waals surface area (Å²) in [5.41, 5.74) is 0.889. The van der Waals surface area contributed by atoms with Crippen LogP contribution in [0, 0.1) is 12.3 Å². The van der Waals surface area contributed by atoms with E-state index in [-0.39, 0.29) is 17.9 Å². The van der Waals surface area contributed by atoms with Crippen LogP contribution >= 0.6 is 15.9 Å². The van der Waals surface area contributed by atoms with Crippen LogP contribution in [-0.2, 0) is 14.3 Å². The van der Waals surface area contributed by atoms with E-state index in [1.807, 2.05) is 25.1 Å². The van der Waals surface area contributed by atoms with Crippen molar-refractivity contribution in [3.63, 3.8) is 0 Å². The molecule has 2 fully saturated rings. The number of carbonyl (C=O) groups is 2. The Hall–Kier alpha value is -1.40. The van der Waals surface area contributed by atoms with Crippen LogP contribution in [0.3, 0.4) is 0 Å². The van der Waals surface area contributed by atoms with E-state index in [4.69, 9.17) is 4.74 Å². The van der Waals surface area contributed by atoms with Gasteiger partial charge in [0, 0.05) is 23.3 Å². The van der Waals surface area contributed by atoms with Gasteiger partial charge in [0.2, 0.25) is 11.8 Å². The predicted molar refractivity (Wildman–Crippen MR) is 91.2 cm³/mol. The smallest absolute Gasteiger partial charge is 0.240 e. The van der Waals surface area contributed by atoms with Crippen molar-refractivity contribution < 1.29 is 14.3 Å². The number of ether oxygens (including phenoxy) is 1. The zero-order chi connectivity index (χ0) is 16.4. The van der Waals surface area contributed by atoms with Gasteiger partial charge in [-0.25, -0.2) is 0 Å². The predicted octanol–water partition coefficient (Wildman–Crippen LogP) is 2.77. The zero-order valence-corrected chi connectivity index (χ0v) is 14.7. The Kier molecular flexibility index (Phi) is 4.73. The van der Waals surface area contributed by atoms with Crippen LogP contribution in [0.5, 0.6) is 0 Å². The number of amides is 2. The molecule has 1 unspecified atom stereocenters. The summed E-state index contributed by atoms with van der Waals surface area (Å²) in [6.45, 7) is 3.23. The monoisotopic (exact) mass is 380 g/mol. The fraction of sp³-hybridized carbons (Fsp3) is 0.529. The van der Waals surface area contributed by atoms with Crippen molar-refractivity contribution in [2.75, 3.05) is 18.5 Å². The highest BCUT2D eigenvalue weighted by atomic mass is 79.9. The largest absolute Gasteiger partial charge is 0.376 e. The molecule has 1 aromatic rings. The maximum Gasteiger partial charge on any atom is 0.240 e. The number of aryl methyl sites for hydroxylation is 1. The molecule has 0 bridgehead atoms. The van der Waals surface area contributed by atoms with Gasteiger partial charge in [-0.05, 0) is 50.3 Å². The summed E-state index contributed by atoms with van der Waals surface area (Å²) in [5.74, 6) is -0.408. The number of benzene rings is 1. The summed E-state index contributed by atoms with van der Waals surface area (Å²) in [6, 6.07) is 5.63. The maximum absolute atomic E-state index is 12.5. The highest BCUT2D eigenvalue weighted by Crippen LogP contribution is 2.47. The Labute approximate surface area is 144 Å². The van der Waals surface area contributed by atoms with Crippen molar-refractivity contribution in [3.8, 4) is 0 Å². The van der Waals surface area contributed by atoms with Gasteiger partial charge in [0.05, 0.1) is 6.10 Å². The second-order valence-electron chi connectivity index (χ2n) is 6.35. The zero-order valence-electron chi connectivity index (χ0n) is 13.2. The molecule has 23 heavy (non-hydrogen) atoms. The van der Waals surface area contributed by atoms with Gasteiger partial charge in [-0.15, -0.1) is 0 Å². The molecule has 0 radical (unpaired) electrons. The quantitative estimate of drug-likeness (QED) is 0.771. The fourth-order valence-electron chi connectivity index (χ4n) is 2.78. The Morgan fingerprint density at radius 2 is 2.13 bits per heavy atom. The first-order valence-corrected chi connectivity index (χ1v) is 8.78. The average molecular weight is 381 g/mol. The van der Waals surface area contributed by atoms with Crippen LogP contribution in [0.15, 0.2) is 22.7 Å². The minimum atomic E-state index is -0.907. The topological polar surface area (TPSA) is 67.4 Å². The number of anilines is 1. The molecule has 0 aromatic heterocycles. The second kappa shape index (κ2) is 6.61. The summed E-state index contributed by atoms with van der Waals surface area (Å²) >= 11 is 3.45. The molecular weight excluding hydrogens is 360 g/mol. The Balaban J connectivity index is 1.58. The highest BCUT2D eigenvalue weighted by molar-refractivity contribution is 9.10. The molecular formula is C17H21BrN2O3. The SMILES string of the molecule is Cc1ccc(NC(=O)C2(C(=O)NCC3CCCO3)CC2)cc1Br.